The summed E-state index contributed by atoms with van der Waals surface area (Å²) in [6.45, 7) is 2.76. The molecule has 170 valence electrons. The van der Waals surface area contributed by atoms with Crippen LogP contribution in [-0.2, 0) is 6.42 Å². The van der Waals surface area contributed by atoms with Gasteiger partial charge in [0.05, 0.1) is 23.6 Å². The Hall–Kier alpha value is -4.13. The number of nitrogens with zero attached hydrogens (tertiary/aromatic N) is 5. The van der Waals surface area contributed by atoms with Crippen LogP contribution in [0.5, 0.6) is 11.8 Å². The molecular weight excluding hydrogens is 426 g/mol. The Labute approximate surface area is 198 Å². The second-order valence-corrected chi connectivity index (χ2v) is 8.42. The molecule has 1 aliphatic heterocycles. The number of ether oxygens (including phenoxy) is 1. The van der Waals surface area contributed by atoms with Crippen LogP contribution in [-0.4, -0.2) is 37.3 Å². The molecule has 1 unspecified atom stereocenters. The minimum Gasteiger partial charge on any atom is -0.424 e. The average Bonchev–Trinajstić information content (AvgIpc) is 3.35. The molecule has 0 saturated carbocycles. The SMILES string of the molecule is Cc1cccc(Cc2cncc(C3CCCN3C(=O)c3cccc(Oc4ncccn4)c3)n2)c1. The fourth-order valence-corrected chi connectivity index (χ4v) is 4.32. The molecule has 0 N–H and O–H groups in total. The number of likely N-dealkylation sites (tertiary alicyclic amines) is 1. The van der Waals surface area contributed by atoms with Crippen LogP contribution in [0.1, 0.15) is 51.8 Å². The second kappa shape index (κ2) is 9.79. The van der Waals surface area contributed by atoms with Gasteiger partial charge < -0.3 is 9.64 Å². The fraction of sp³-hybridized carbons (Fsp3) is 0.222. The Morgan fingerprint density at radius 1 is 1.06 bits per heavy atom. The van der Waals surface area contributed by atoms with Crippen molar-refractivity contribution in [3.8, 4) is 11.8 Å². The van der Waals surface area contributed by atoms with Crippen molar-refractivity contribution in [2.75, 3.05) is 6.54 Å². The van der Waals surface area contributed by atoms with Gasteiger partial charge in [0.1, 0.15) is 5.75 Å². The molecule has 4 aromatic rings. The van der Waals surface area contributed by atoms with E-state index in [1.54, 1.807) is 55.1 Å². The van der Waals surface area contributed by atoms with Crippen molar-refractivity contribution >= 4 is 5.91 Å². The molecule has 2 aromatic heterocycles. The molecule has 1 amide bonds. The fourth-order valence-electron chi connectivity index (χ4n) is 4.32. The summed E-state index contributed by atoms with van der Waals surface area (Å²) in [5.74, 6) is 0.473. The van der Waals surface area contributed by atoms with E-state index in [2.05, 4.69) is 46.1 Å². The molecule has 7 heteroatoms. The first-order valence-corrected chi connectivity index (χ1v) is 11.4. The van der Waals surface area contributed by atoms with Gasteiger partial charge in [0.25, 0.3) is 5.91 Å². The van der Waals surface area contributed by atoms with Crippen molar-refractivity contribution in [1.29, 1.82) is 0 Å². The molecule has 7 nitrogen and oxygen atoms in total. The average molecular weight is 452 g/mol. The lowest BCUT2D eigenvalue weighted by molar-refractivity contribution is 0.0732. The number of aryl methyl sites for hydroxylation is 1. The maximum Gasteiger partial charge on any atom is 0.321 e. The van der Waals surface area contributed by atoms with E-state index in [4.69, 9.17) is 9.72 Å². The minimum atomic E-state index is -0.0977. The van der Waals surface area contributed by atoms with Gasteiger partial charge in [0.15, 0.2) is 0 Å². The minimum absolute atomic E-state index is 0.0483. The Morgan fingerprint density at radius 3 is 2.76 bits per heavy atom. The highest BCUT2D eigenvalue weighted by atomic mass is 16.5. The maximum absolute atomic E-state index is 13.4. The van der Waals surface area contributed by atoms with Crippen LogP contribution in [0.25, 0.3) is 0 Å². The molecule has 1 atom stereocenters. The predicted octanol–water partition coefficient (Wildman–Crippen LogP) is 4.94. The second-order valence-electron chi connectivity index (χ2n) is 8.42. The number of carbonyl (C=O) groups excluding carboxylic acids is 1. The van der Waals surface area contributed by atoms with E-state index in [-0.39, 0.29) is 18.0 Å². The first-order chi connectivity index (χ1) is 16.7. The van der Waals surface area contributed by atoms with Gasteiger partial charge in [-0.15, -0.1) is 0 Å². The van der Waals surface area contributed by atoms with Crippen LogP contribution in [0.2, 0.25) is 0 Å². The number of carbonyl (C=O) groups is 1. The first kappa shape index (κ1) is 21.7. The van der Waals surface area contributed by atoms with Gasteiger partial charge >= 0.3 is 6.01 Å². The zero-order valence-electron chi connectivity index (χ0n) is 19.0. The highest BCUT2D eigenvalue weighted by Gasteiger charge is 2.32. The number of hydrogen-bond acceptors (Lipinski definition) is 6. The third-order valence-corrected chi connectivity index (χ3v) is 5.86. The molecule has 0 bridgehead atoms. The quantitative estimate of drug-likeness (QED) is 0.413. The third kappa shape index (κ3) is 4.93. The van der Waals surface area contributed by atoms with E-state index in [1.807, 2.05) is 4.90 Å². The Balaban J connectivity index is 1.34. The van der Waals surface area contributed by atoms with Crippen LogP contribution in [0.15, 0.2) is 79.4 Å². The summed E-state index contributed by atoms with van der Waals surface area (Å²) in [6, 6.07) is 17.4. The lowest BCUT2D eigenvalue weighted by Gasteiger charge is -2.24. The highest BCUT2D eigenvalue weighted by Crippen LogP contribution is 2.32. The first-order valence-electron chi connectivity index (χ1n) is 11.4. The van der Waals surface area contributed by atoms with Gasteiger partial charge in [-0.25, -0.2) is 9.97 Å². The van der Waals surface area contributed by atoms with Crippen molar-refractivity contribution < 1.29 is 9.53 Å². The highest BCUT2D eigenvalue weighted by molar-refractivity contribution is 5.95. The molecular formula is C27H25N5O2. The van der Waals surface area contributed by atoms with Gasteiger partial charge in [0.2, 0.25) is 0 Å². The summed E-state index contributed by atoms with van der Waals surface area (Å²) >= 11 is 0. The lowest BCUT2D eigenvalue weighted by atomic mass is 10.1. The zero-order chi connectivity index (χ0) is 23.3. The van der Waals surface area contributed by atoms with Crippen molar-refractivity contribution in [3.05, 3.63) is 107 Å². The van der Waals surface area contributed by atoms with Crippen molar-refractivity contribution in [2.45, 2.75) is 32.2 Å². The van der Waals surface area contributed by atoms with Crippen LogP contribution in [0.4, 0.5) is 0 Å². The molecule has 34 heavy (non-hydrogen) atoms. The normalized spacial score (nSPS) is 15.3. The van der Waals surface area contributed by atoms with Crippen LogP contribution in [0.3, 0.4) is 0 Å². The third-order valence-electron chi connectivity index (χ3n) is 5.86. The number of rotatable bonds is 6. The van der Waals surface area contributed by atoms with E-state index in [1.165, 1.54) is 11.1 Å². The molecule has 0 radical (unpaired) electrons. The summed E-state index contributed by atoms with van der Waals surface area (Å²) in [7, 11) is 0. The molecule has 1 fully saturated rings. The summed E-state index contributed by atoms with van der Waals surface area (Å²) in [5, 5.41) is 0. The largest absolute Gasteiger partial charge is 0.424 e. The number of amides is 1. The molecule has 2 aromatic carbocycles. The predicted molar refractivity (Wildman–Crippen MR) is 128 cm³/mol. The molecule has 0 spiro atoms. The molecule has 3 heterocycles. The Bertz CT molecular complexity index is 1290. The summed E-state index contributed by atoms with van der Waals surface area (Å²) in [5.41, 5.74) is 4.72. The van der Waals surface area contributed by atoms with Crippen molar-refractivity contribution in [3.63, 3.8) is 0 Å². The van der Waals surface area contributed by atoms with Crippen LogP contribution >= 0.6 is 0 Å². The van der Waals surface area contributed by atoms with E-state index in [0.29, 0.717) is 24.3 Å². The van der Waals surface area contributed by atoms with Gasteiger partial charge in [0, 0.05) is 37.1 Å². The standard InChI is InChI=1S/C27H25N5O2/c1-19-6-2-7-20(14-19)15-22-17-28-18-24(31-22)25-10-4-13-32(25)26(33)21-8-3-9-23(16-21)34-27-29-11-5-12-30-27/h2-3,5-9,11-12,14,16-18,25H,4,10,13,15H2,1H3. The number of benzene rings is 2. The van der Waals surface area contributed by atoms with Crippen LogP contribution < -0.4 is 4.74 Å². The maximum atomic E-state index is 13.4. The topological polar surface area (TPSA) is 81.1 Å². The lowest BCUT2D eigenvalue weighted by Crippen LogP contribution is -2.31. The smallest absolute Gasteiger partial charge is 0.321 e. The van der Waals surface area contributed by atoms with Crippen molar-refractivity contribution in [2.24, 2.45) is 0 Å². The number of aromatic nitrogens is 4. The molecule has 1 saturated heterocycles. The van der Waals surface area contributed by atoms with E-state index in [0.717, 1.165) is 24.2 Å². The van der Waals surface area contributed by atoms with E-state index >= 15 is 0 Å². The summed E-state index contributed by atoms with van der Waals surface area (Å²) in [6.07, 6.45) is 9.31. The zero-order valence-corrected chi connectivity index (χ0v) is 19.0. The molecule has 5 rings (SSSR count). The van der Waals surface area contributed by atoms with Gasteiger partial charge in [-0.1, -0.05) is 35.9 Å². The Kier molecular flexibility index (Phi) is 6.25. The van der Waals surface area contributed by atoms with Gasteiger partial charge in [-0.2, -0.15) is 0 Å². The molecule has 0 aliphatic carbocycles. The molecule has 1 aliphatic rings. The summed E-state index contributed by atoms with van der Waals surface area (Å²) in [4.78, 5) is 32.8. The van der Waals surface area contributed by atoms with Crippen LogP contribution in [0, 0.1) is 6.92 Å². The number of hydrogen-bond donors (Lipinski definition) is 0. The van der Waals surface area contributed by atoms with E-state index in [9.17, 15) is 4.79 Å². The monoisotopic (exact) mass is 451 g/mol. The van der Waals surface area contributed by atoms with Gasteiger partial charge in [-0.05, 0) is 49.6 Å². The van der Waals surface area contributed by atoms with Gasteiger partial charge in [-0.3, -0.25) is 14.8 Å². The summed E-state index contributed by atoms with van der Waals surface area (Å²) < 4.78 is 5.71. The van der Waals surface area contributed by atoms with Crippen molar-refractivity contribution in [1.82, 2.24) is 24.8 Å². The Morgan fingerprint density at radius 2 is 1.91 bits per heavy atom. The van der Waals surface area contributed by atoms with E-state index < -0.39 is 0 Å².